The van der Waals surface area contributed by atoms with Crippen LogP contribution in [0.25, 0.3) is 11.1 Å². The number of para-hydroxylation sites is 4. The zero-order valence-electron chi connectivity index (χ0n) is 16.0. The summed E-state index contributed by atoms with van der Waals surface area (Å²) >= 11 is 1.11. The molecule has 4 rings (SSSR count). The number of oxazole rings is 1. The molecule has 0 saturated heterocycles. The number of carbonyl (C=O) groups is 2. The zero-order chi connectivity index (χ0) is 20.8. The van der Waals surface area contributed by atoms with E-state index in [1.165, 1.54) is 4.31 Å². The quantitative estimate of drug-likeness (QED) is 0.414. The normalized spacial score (nSPS) is 10.7. The Bertz CT molecular complexity index is 1110. The number of aromatic nitrogens is 1. The molecule has 6 nitrogen and oxygen atoms in total. The Morgan fingerprint density at radius 2 is 1.53 bits per heavy atom. The third kappa shape index (κ3) is 4.87. The van der Waals surface area contributed by atoms with Crippen molar-refractivity contribution < 1.29 is 14.0 Å². The van der Waals surface area contributed by atoms with Crippen molar-refractivity contribution in [3.05, 3.63) is 84.9 Å². The summed E-state index contributed by atoms with van der Waals surface area (Å²) in [5, 5.41) is 3.16. The number of rotatable bonds is 7. The van der Waals surface area contributed by atoms with Gasteiger partial charge in [-0.25, -0.2) is 9.29 Å². The largest absolute Gasteiger partial charge is 0.430 e. The van der Waals surface area contributed by atoms with Gasteiger partial charge in [0.2, 0.25) is 11.8 Å². The molecule has 4 aromatic rings. The topological polar surface area (TPSA) is 75.4 Å². The first-order valence-electron chi connectivity index (χ1n) is 9.45. The summed E-state index contributed by atoms with van der Waals surface area (Å²) < 4.78 is 7.27. The van der Waals surface area contributed by atoms with Gasteiger partial charge in [0.15, 0.2) is 5.58 Å². The van der Waals surface area contributed by atoms with Gasteiger partial charge in [-0.2, -0.15) is 0 Å². The number of benzene rings is 3. The number of nitrogens with zero attached hydrogens (tertiary/aromatic N) is 2. The lowest BCUT2D eigenvalue weighted by Crippen LogP contribution is -2.25. The summed E-state index contributed by atoms with van der Waals surface area (Å²) in [6, 6.07) is 25.8. The molecule has 0 aliphatic rings. The lowest BCUT2D eigenvalue weighted by molar-refractivity contribution is -0.121. The maximum Gasteiger partial charge on any atom is 0.278 e. The Labute approximate surface area is 178 Å². The molecule has 0 radical (unpaired) electrons. The molecule has 0 fully saturated rings. The number of hydrogen-bond donors (Lipinski definition) is 1. The van der Waals surface area contributed by atoms with Gasteiger partial charge in [0.05, 0.1) is 17.6 Å². The highest BCUT2D eigenvalue weighted by molar-refractivity contribution is 8.01. The van der Waals surface area contributed by atoms with Crippen molar-refractivity contribution >= 4 is 46.2 Å². The highest BCUT2D eigenvalue weighted by Gasteiger charge is 2.21. The first-order chi connectivity index (χ1) is 14.7. The number of carbonyl (C=O) groups excluding carboxylic acids is 2. The van der Waals surface area contributed by atoms with Crippen LogP contribution in [0, 0.1) is 0 Å². The summed E-state index contributed by atoms with van der Waals surface area (Å²) in [4.78, 5) is 29.6. The van der Waals surface area contributed by atoms with Gasteiger partial charge in [0.25, 0.3) is 5.22 Å². The predicted molar refractivity (Wildman–Crippen MR) is 118 cm³/mol. The summed E-state index contributed by atoms with van der Waals surface area (Å²) in [6.45, 7) is 0. The maximum atomic E-state index is 13.0. The minimum absolute atomic E-state index is 0.0563. The molecule has 0 saturated carbocycles. The molecule has 2 amide bonds. The van der Waals surface area contributed by atoms with Crippen molar-refractivity contribution in [2.75, 3.05) is 9.62 Å². The van der Waals surface area contributed by atoms with Crippen LogP contribution >= 0.6 is 11.9 Å². The third-order valence-corrected chi connectivity index (χ3v) is 5.21. The molecule has 150 valence electrons. The van der Waals surface area contributed by atoms with Gasteiger partial charge < -0.3 is 9.73 Å². The van der Waals surface area contributed by atoms with E-state index in [2.05, 4.69) is 10.3 Å². The van der Waals surface area contributed by atoms with Gasteiger partial charge in [-0.05, 0) is 36.4 Å². The molecule has 30 heavy (non-hydrogen) atoms. The molecule has 0 spiro atoms. The van der Waals surface area contributed by atoms with Crippen molar-refractivity contribution in [2.45, 2.75) is 18.1 Å². The van der Waals surface area contributed by atoms with Crippen LogP contribution in [-0.2, 0) is 9.59 Å². The van der Waals surface area contributed by atoms with Crippen LogP contribution in [0.15, 0.2) is 94.6 Å². The van der Waals surface area contributed by atoms with Gasteiger partial charge >= 0.3 is 0 Å². The number of fused-ring (bicyclic) bond motifs is 1. The van der Waals surface area contributed by atoms with Crippen LogP contribution in [0.4, 0.5) is 11.4 Å². The molecule has 1 aromatic heterocycles. The van der Waals surface area contributed by atoms with Crippen molar-refractivity contribution in [2.24, 2.45) is 0 Å². The van der Waals surface area contributed by atoms with Crippen LogP contribution in [0.2, 0.25) is 0 Å². The standard InChI is InChI=1S/C23H19N3O3S/c27-21(24-17-9-3-1-4-10-17)15-16-22(28)26(18-11-5-2-6-12-18)30-23-25-19-13-7-8-14-20(19)29-23/h1-14H,15-16H2,(H,24,27). The Kier molecular flexibility index (Phi) is 6.10. The molecule has 1 N–H and O–H groups in total. The Morgan fingerprint density at radius 3 is 2.27 bits per heavy atom. The third-order valence-electron chi connectivity index (χ3n) is 4.28. The summed E-state index contributed by atoms with van der Waals surface area (Å²) in [5.41, 5.74) is 2.78. The zero-order valence-corrected chi connectivity index (χ0v) is 16.8. The lowest BCUT2D eigenvalue weighted by atomic mass is 10.2. The number of amides is 2. The molecule has 0 unspecified atom stereocenters. The number of nitrogens with one attached hydrogen (secondary N) is 1. The van der Waals surface area contributed by atoms with E-state index in [1.54, 1.807) is 12.1 Å². The number of anilines is 2. The Morgan fingerprint density at radius 1 is 0.867 bits per heavy atom. The minimum Gasteiger partial charge on any atom is -0.430 e. The highest BCUT2D eigenvalue weighted by Crippen LogP contribution is 2.31. The number of hydrogen-bond acceptors (Lipinski definition) is 5. The summed E-state index contributed by atoms with van der Waals surface area (Å²) in [5.74, 6) is -0.425. The van der Waals surface area contributed by atoms with E-state index in [4.69, 9.17) is 4.42 Å². The van der Waals surface area contributed by atoms with Crippen LogP contribution in [0.1, 0.15) is 12.8 Å². The van der Waals surface area contributed by atoms with Gasteiger partial charge in [0, 0.05) is 18.5 Å². The fourth-order valence-electron chi connectivity index (χ4n) is 2.85. The van der Waals surface area contributed by atoms with E-state index in [0.717, 1.165) is 17.5 Å². The van der Waals surface area contributed by atoms with Gasteiger partial charge in [-0.3, -0.25) is 9.59 Å². The van der Waals surface area contributed by atoms with Gasteiger partial charge in [-0.15, -0.1) is 0 Å². The van der Waals surface area contributed by atoms with Crippen molar-refractivity contribution in [1.29, 1.82) is 0 Å². The summed E-state index contributed by atoms with van der Waals surface area (Å²) in [6.07, 6.45) is 0.131. The second kappa shape index (κ2) is 9.28. The van der Waals surface area contributed by atoms with E-state index in [1.807, 2.05) is 72.8 Å². The van der Waals surface area contributed by atoms with E-state index in [9.17, 15) is 9.59 Å². The second-order valence-corrected chi connectivity index (χ2v) is 7.37. The molecule has 7 heteroatoms. The fraction of sp³-hybridized carbons (Fsp3) is 0.0870. The maximum absolute atomic E-state index is 13.0. The summed E-state index contributed by atoms with van der Waals surface area (Å²) in [7, 11) is 0. The lowest BCUT2D eigenvalue weighted by Gasteiger charge is -2.19. The first-order valence-corrected chi connectivity index (χ1v) is 10.2. The van der Waals surface area contributed by atoms with E-state index in [0.29, 0.717) is 22.2 Å². The molecule has 0 atom stereocenters. The van der Waals surface area contributed by atoms with Crippen LogP contribution in [0.5, 0.6) is 0 Å². The Hall–Kier alpha value is -3.58. The molecule has 0 bridgehead atoms. The monoisotopic (exact) mass is 417 g/mol. The van der Waals surface area contributed by atoms with Crippen LogP contribution in [-0.4, -0.2) is 16.8 Å². The second-order valence-electron chi connectivity index (χ2n) is 6.48. The fourth-order valence-corrected chi connectivity index (χ4v) is 3.69. The predicted octanol–water partition coefficient (Wildman–Crippen LogP) is 5.29. The minimum atomic E-state index is -0.213. The SMILES string of the molecule is O=C(CCC(=O)N(Sc1nc2ccccc2o1)c1ccccc1)Nc1ccccc1. The van der Waals surface area contributed by atoms with E-state index in [-0.39, 0.29) is 24.7 Å². The van der Waals surface area contributed by atoms with Crippen LogP contribution < -0.4 is 9.62 Å². The smallest absolute Gasteiger partial charge is 0.278 e. The van der Waals surface area contributed by atoms with Crippen molar-refractivity contribution in [3.8, 4) is 0 Å². The van der Waals surface area contributed by atoms with Gasteiger partial charge in [0.1, 0.15) is 5.52 Å². The molecule has 3 aromatic carbocycles. The van der Waals surface area contributed by atoms with Crippen LogP contribution in [0.3, 0.4) is 0 Å². The molecule has 0 aliphatic heterocycles. The van der Waals surface area contributed by atoms with E-state index >= 15 is 0 Å². The Balaban J connectivity index is 1.46. The first kappa shape index (κ1) is 19.7. The van der Waals surface area contributed by atoms with Crippen molar-refractivity contribution in [3.63, 3.8) is 0 Å². The van der Waals surface area contributed by atoms with E-state index < -0.39 is 0 Å². The average molecular weight is 417 g/mol. The molecular formula is C23H19N3O3S. The molecule has 0 aliphatic carbocycles. The highest BCUT2D eigenvalue weighted by atomic mass is 32.2. The molecule has 1 heterocycles. The average Bonchev–Trinajstić information content (AvgIpc) is 3.20. The van der Waals surface area contributed by atoms with Gasteiger partial charge in [-0.1, -0.05) is 48.5 Å². The van der Waals surface area contributed by atoms with Crippen molar-refractivity contribution in [1.82, 2.24) is 4.98 Å². The molecular weight excluding hydrogens is 398 g/mol.